The highest BCUT2D eigenvalue weighted by molar-refractivity contribution is 5.72. The lowest BCUT2D eigenvalue weighted by molar-refractivity contribution is -0.156. The second-order valence-electron chi connectivity index (χ2n) is 7.09. The lowest BCUT2D eigenvalue weighted by atomic mass is 10.0. The first kappa shape index (κ1) is 21.1. The Labute approximate surface area is 162 Å². The molecule has 2 rings (SSSR count). The average molecular weight is 370 g/mol. The molecule has 0 heterocycles. The molecule has 27 heavy (non-hydrogen) atoms. The highest BCUT2D eigenvalue weighted by atomic mass is 16.5. The molecular weight excluding hydrogens is 338 g/mol. The van der Waals surface area contributed by atoms with Crippen LogP contribution in [0, 0.1) is 5.92 Å². The van der Waals surface area contributed by atoms with Crippen molar-refractivity contribution >= 4 is 5.97 Å². The van der Waals surface area contributed by atoms with E-state index in [0.717, 1.165) is 11.1 Å². The summed E-state index contributed by atoms with van der Waals surface area (Å²) >= 11 is 0. The van der Waals surface area contributed by atoms with Crippen molar-refractivity contribution in [2.75, 3.05) is 7.05 Å². The molecule has 146 valence electrons. The Balaban J connectivity index is 1.88. The van der Waals surface area contributed by atoms with E-state index >= 15 is 0 Å². The summed E-state index contributed by atoms with van der Waals surface area (Å²) in [5.74, 6) is -0.424. The predicted octanol–water partition coefficient (Wildman–Crippen LogP) is 4.51. The smallest absolute Gasteiger partial charge is 0.309 e. The Bertz CT molecular complexity index is 675. The third kappa shape index (κ3) is 6.81. The van der Waals surface area contributed by atoms with Crippen LogP contribution >= 0.6 is 0 Å². The summed E-state index contributed by atoms with van der Waals surface area (Å²) in [5, 5.41) is 3.19. The van der Waals surface area contributed by atoms with Crippen LogP contribution < -0.4 is 5.32 Å². The first-order valence-electron chi connectivity index (χ1n) is 9.59. The largest absolute Gasteiger partial charge is 0.456 e. The highest BCUT2D eigenvalue weighted by Gasteiger charge is 2.26. The molecule has 0 aromatic heterocycles. The molecule has 0 aliphatic heterocycles. The molecule has 2 aromatic carbocycles. The van der Waals surface area contributed by atoms with E-state index in [0.29, 0.717) is 13.0 Å². The fourth-order valence-corrected chi connectivity index (χ4v) is 2.97. The van der Waals surface area contributed by atoms with E-state index in [9.17, 15) is 4.79 Å². The number of ether oxygens (including phenoxy) is 2. The molecule has 0 saturated carbocycles. The fourth-order valence-electron chi connectivity index (χ4n) is 2.97. The van der Waals surface area contributed by atoms with Crippen molar-refractivity contribution in [1.82, 2.24) is 5.32 Å². The topological polar surface area (TPSA) is 47.6 Å². The van der Waals surface area contributed by atoms with E-state index in [-0.39, 0.29) is 30.1 Å². The van der Waals surface area contributed by atoms with E-state index < -0.39 is 0 Å². The summed E-state index contributed by atoms with van der Waals surface area (Å²) in [6, 6.07) is 19.9. The Hall–Kier alpha value is -2.17. The maximum atomic E-state index is 12.7. The minimum Gasteiger partial charge on any atom is -0.456 e. The Kier molecular flexibility index (Phi) is 8.49. The molecule has 4 heteroatoms. The van der Waals surface area contributed by atoms with Crippen LogP contribution in [0.25, 0.3) is 0 Å². The average Bonchev–Trinajstić information content (AvgIpc) is 2.71. The fraction of sp³-hybridized carbons (Fsp3) is 0.435. The number of carbonyl (C=O) groups is 1. The van der Waals surface area contributed by atoms with Crippen LogP contribution in [0.15, 0.2) is 60.7 Å². The van der Waals surface area contributed by atoms with E-state index in [1.807, 2.05) is 88.5 Å². The van der Waals surface area contributed by atoms with Gasteiger partial charge in [0.1, 0.15) is 6.10 Å². The molecule has 4 nitrogen and oxygen atoms in total. The van der Waals surface area contributed by atoms with Gasteiger partial charge in [0.2, 0.25) is 0 Å². The van der Waals surface area contributed by atoms with Gasteiger partial charge in [-0.2, -0.15) is 0 Å². The number of carbonyl (C=O) groups excluding carboxylic acids is 1. The number of nitrogens with one attached hydrogen (secondary N) is 1. The molecule has 2 aromatic rings. The standard InChI is InChI=1S/C23H31NO3/c1-17(15-18(2)26-16-20-11-7-5-8-12-20)23(25)27-22(19(3)24-4)21-13-9-6-10-14-21/h5-14,17-19,22,24H,15-16H2,1-4H3/t17-,18-,19-,22-/m0/s1. The van der Waals surface area contributed by atoms with Crippen LogP contribution in [0.1, 0.15) is 44.4 Å². The van der Waals surface area contributed by atoms with Gasteiger partial charge in [0.05, 0.1) is 18.6 Å². The highest BCUT2D eigenvalue weighted by Crippen LogP contribution is 2.24. The molecule has 1 N–H and O–H groups in total. The molecule has 0 aliphatic carbocycles. The molecule has 0 saturated heterocycles. The number of rotatable bonds is 10. The quantitative estimate of drug-likeness (QED) is 0.626. The zero-order valence-corrected chi connectivity index (χ0v) is 16.7. The van der Waals surface area contributed by atoms with Crippen molar-refractivity contribution in [3.05, 3.63) is 71.8 Å². The van der Waals surface area contributed by atoms with Crippen LogP contribution in [0.3, 0.4) is 0 Å². The van der Waals surface area contributed by atoms with Crippen LogP contribution in [0.4, 0.5) is 0 Å². The first-order chi connectivity index (χ1) is 13.0. The molecule has 0 fully saturated rings. The second kappa shape index (κ2) is 10.9. The summed E-state index contributed by atoms with van der Waals surface area (Å²) in [5.41, 5.74) is 2.12. The third-order valence-corrected chi connectivity index (χ3v) is 4.75. The molecule has 0 spiro atoms. The lowest BCUT2D eigenvalue weighted by Gasteiger charge is -2.26. The predicted molar refractivity (Wildman–Crippen MR) is 108 cm³/mol. The van der Waals surface area contributed by atoms with E-state index in [1.54, 1.807) is 0 Å². The maximum Gasteiger partial charge on any atom is 0.309 e. The normalized spacial score (nSPS) is 15.6. The van der Waals surface area contributed by atoms with Gasteiger partial charge in [-0.3, -0.25) is 4.79 Å². The van der Waals surface area contributed by atoms with E-state index in [1.165, 1.54) is 0 Å². The van der Waals surface area contributed by atoms with Gasteiger partial charge in [-0.05, 0) is 38.4 Å². The van der Waals surface area contributed by atoms with Gasteiger partial charge in [-0.15, -0.1) is 0 Å². The zero-order chi connectivity index (χ0) is 19.6. The maximum absolute atomic E-state index is 12.7. The number of hydrogen-bond acceptors (Lipinski definition) is 4. The van der Waals surface area contributed by atoms with Crippen molar-refractivity contribution < 1.29 is 14.3 Å². The van der Waals surface area contributed by atoms with Gasteiger partial charge in [0.15, 0.2) is 0 Å². The van der Waals surface area contributed by atoms with Crippen LogP contribution in [-0.2, 0) is 20.9 Å². The number of likely N-dealkylation sites (N-methyl/N-ethyl adjacent to an activating group) is 1. The van der Waals surface area contributed by atoms with E-state index in [2.05, 4.69) is 5.32 Å². The SMILES string of the molecule is CN[C@@H](C)[C@H](OC(=O)[C@@H](C)C[C@H](C)OCc1ccccc1)c1ccccc1. The van der Waals surface area contributed by atoms with Gasteiger partial charge in [-0.25, -0.2) is 0 Å². The molecule has 0 bridgehead atoms. The molecule has 0 radical (unpaired) electrons. The van der Waals surface area contributed by atoms with Gasteiger partial charge in [0.25, 0.3) is 0 Å². The van der Waals surface area contributed by atoms with Gasteiger partial charge >= 0.3 is 5.97 Å². The van der Waals surface area contributed by atoms with Gasteiger partial charge in [0, 0.05) is 6.04 Å². The van der Waals surface area contributed by atoms with Crippen molar-refractivity contribution in [2.24, 2.45) is 5.92 Å². The molecule has 0 unspecified atom stereocenters. The molecule has 0 aliphatic rings. The molecular formula is C23H31NO3. The van der Waals surface area contributed by atoms with Gasteiger partial charge < -0.3 is 14.8 Å². The summed E-state index contributed by atoms with van der Waals surface area (Å²) in [6.45, 7) is 6.46. The first-order valence-corrected chi connectivity index (χ1v) is 9.59. The zero-order valence-electron chi connectivity index (χ0n) is 16.7. The minimum absolute atomic E-state index is 0.0234. The summed E-state index contributed by atoms with van der Waals surface area (Å²) in [7, 11) is 1.87. The number of esters is 1. The summed E-state index contributed by atoms with van der Waals surface area (Å²) < 4.78 is 11.7. The van der Waals surface area contributed by atoms with Crippen LogP contribution in [-0.4, -0.2) is 25.2 Å². The second-order valence-corrected chi connectivity index (χ2v) is 7.09. The van der Waals surface area contributed by atoms with Crippen molar-refractivity contribution in [1.29, 1.82) is 0 Å². The Morgan fingerprint density at radius 3 is 2.15 bits per heavy atom. The number of benzene rings is 2. The Morgan fingerprint density at radius 2 is 1.56 bits per heavy atom. The number of hydrogen-bond donors (Lipinski definition) is 1. The summed E-state index contributed by atoms with van der Waals surface area (Å²) in [6.07, 6.45) is 0.289. The van der Waals surface area contributed by atoms with E-state index in [4.69, 9.17) is 9.47 Å². The summed E-state index contributed by atoms with van der Waals surface area (Å²) in [4.78, 5) is 12.7. The van der Waals surface area contributed by atoms with Crippen molar-refractivity contribution in [3.63, 3.8) is 0 Å². The van der Waals surface area contributed by atoms with Crippen molar-refractivity contribution in [3.8, 4) is 0 Å². The lowest BCUT2D eigenvalue weighted by Crippen LogP contribution is -2.33. The van der Waals surface area contributed by atoms with Crippen LogP contribution in [0.5, 0.6) is 0 Å². The third-order valence-electron chi connectivity index (χ3n) is 4.75. The van der Waals surface area contributed by atoms with Crippen molar-refractivity contribution in [2.45, 2.75) is 52.0 Å². The molecule has 0 amide bonds. The minimum atomic E-state index is -0.313. The monoisotopic (exact) mass is 369 g/mol. The van der Waals surface area contributed by atoms with Gasteiger partial charge in [-0.1, -0.05) is 67.6 Å². The Morgan fingerprint density at radius 1 is 0.963 bits per heavy atom. The van der Waals surface area contributed by atoms with Crippen LogP contribution in [0.2, 0.25) is 0 Å². The molecule has 4 atom stereocenters.